The van der Waals surface area contributed by atoms with Crippen molar-refractivity contribution >= 4 is 0 Å². The monoisotopic (exact) mass is 391 g/mol. The minimum atomic E-state index is 0. The molecule has 0 saturated carbocycles. The second-order valence-electron chi connectivity index (χ2n) is 0. The van der Waals surface area contributed by atoms with Gasteiger partial charge in [0.25, 0.3) is 0 Å². The first-order valence-corrected chi connectivity index (χ1v) is 0. The van der Waals surface area contributed by atoms with Crippen LogP contribution >= 0.6 is 0 Å². The normalized spacial score (nSPS) is 0. The standard InChI is InChI=1S/Cd.2HI.Na/h;2*1H;/q+2;;;+1/p-2. The third-order valence-electron chi connectivity index (χ3n) is 0. The van der Waals surface area contributed by atoms with Crippen LogP contribution in [0.2, 0.25) is 0 Å². The smallest absolute Gasteiger partial charge is 1.00 e. The van der Waals surface area contributed by atoms with Gasteiger partial charge in [0.2, 0.25) is 0 Å². The van der Waals surface area contributed by atoms with Gasteiger partial charge in [0, 0.05) is 0 Å². The van der Waals surface area contributed by atoms with Gasteiger partial charge in [-0.05, 0) is 0 Å². The Morgan fingerprint density at radius 1 is 0.750 bits per heavy atom. The van der Waals surface area contributed by atoms with E-state index in [9.17, 15) is 0 Å². The zero-order chi connectivity index (χ0) is 0. The van der Waals surface area contributed by atoms with Crippen LogP contribution < -0.4 is 77.5 Å². The molecule has 0 spiro atoms. The summed E-state index contributed by atoms with van der Waals surface area (Å²) in [7, 11) is 0. The first-order valence-electron chi connectivity index (χ1n) is 0. The molecule has 16 valence electrons. The molecule has 4 heavy (non-hydrogen) atoms. The van der Waals surface area contributed by atoms with E-state index >= 15 is 0 Å². The van der Waals surface area contributed by atoms with E-state index in [-0.39, 0.29) is 105 Å². The molecule has 0 amide bonds. The number of halogens is 2. The fraction of sp³-hybridized carbons (Fsp3) is 0. The van der Waals surface area contributed by atoms with E-state index in [0.29, 0.717) is 0 Å². The molecule has 4 heteroatoms. The van der Waals surface area contributed by atoms with Crippen molar-refractivity contribution in [2.75, 3.05) is 0 Å². The van der Waals surface area contributed by atoms with Gasteiger partial charge in [0.05, 0.1) is 0 Å². The molecule has 0 bridgehead atoms. The maximum atomic E-state index is 0. The average Bonchev–Trinajstić information content (AvgIpc) is 0. The third kappa shape index (κ3) is 9.04. The molecular formula is CdI2Na+. The second-order valence-corrected chi connectivity index (χ2v) is 0. The Hall–Kier alpha value is 3.38. The average molecular weight is 389 g/mol. The van der Waals surface area contributed by atoms with Crippen LogP contribution in [0.15, 0.2) is 0 Å². The molecule has 0 aromatic carbocycles. The predicted octanol–water partition coefficient (Wildman–Crippen LogP) is -8.99. The molecule has 0 saturated heterocycles. The van der Waals surface area contributed by atoms with Crippen LogP contribution in [0.4, 0.5) is 0 Å². The van der Waals surface area contributed by atoms with Crippen molar-refractivity contribution in [1.82, 2.24) is 0 Å². The quantitative estimate of drug-likeness (QED) is 0.285. The SMILES string of the molecule is [Cd+2].[I-].[I-].[Na+]. The number of hydrogen-bond donors (Lipinski definition) is 0. The summed E-state index contributed by atoms with van der Waals surface area (Å²) in [4.78, 5) is 0. The van der Waals surface area contributed by atoms with Crippen molar-refractivity contribution in [1.29, 1.82) is 0 Å². The first kappa shape index (κ1) is 26.3. The van der Waals surface area contributed by atoms with E-state index in [1.165, 1.54) is 0 Å². The predicted molar refractivity (Wildman–Crippen MR) is 0 cm³/mol. The second kappa shape index (κ2) is 16.2. The Morgan fingerprint density at radius 2 is 0.750 bits per heavy atom. The van der Waals surface area contributed by atoms with Crippen molar-refractivity contribution in [3.05, 3.63) is 0 Å². The Balaban J connectivity index is 0. The van der Waals surface area contributed by atoms with Gasteiger partial charge < -0.3 is 48.0 Å². The molecular weight excluding hydrogens is 389 g/mol. The van der Waals surface area contributed by atoms with E-state index in [2.05, 4.69) is 0 Å². The summed E-state index contributed by atoms with van der Waals surface area (Å²) in [5, 5.41) is 0. The van der Waals surface area contributed by atoms with Gasteiger partial charge in [-0.2, -0.15) is 0 Å². The summed E-state index contributed by atoms with van der Waals surface area (Å²) < 4.78 is 0. The fourth-order valence-corrected chi connectivity index (χ4v) is 0. The molecule has 0 aliphatic heterocycles. The van der Waals surface area contributed by atoms with Gasteiger partial charge >= 0.3 is 56.9 Å². The summed E-state index contributed by atoms with van der Waals surface area (Å²) in [6, 6.07) is 0. The zero-order valence-electron chi connectivity index (χ0n) is 2.46. The molecule has 0 radical (unpaired) electrons. The van der Waals surface area contributed by atoms with Crippen LogP contribution in [-0.4, -0.2) is 0 Å². The van der Waals surface area contributed by atoms with E-state index in [0.717, 1.165) is 0 Å². The number of rotatable bonds is 0. The van der Waals surface area contributed by atoms with Gasteiger partial charge in [-0.25, -0.2) is 0 Å². The van der Waals surface area contributed by atoms with Crippen LogP contribution in [-0.2, 0) is 27.3 Å². The Morgan fingerprint density at radius 3 is 0.750 bits per heavy atom. The van der Waals surface area contributed by atoms with Crippen LogP contribution in [0.25, 0.3) is 0 Å². The van der Waals surface area contributed by atoms with Gasteiger partial charge in [0.1, 0.15) is 0 Å². The van der Waals surface area contributed by atoms with Crippen molar-refractivity contribution < 1.29 is 105 Å². The van der Waals surface area contributed by atoms with E-state index in [1.54, 1.807) is 0 Å². The van der Waals surface area contributed by atoms with Gasteiger partial charge in [-0.1, -0.05) is 0 Å². The summed E-state index contributed by atoms with van der Waals surface area (Å²) in [6.45, 7) is 0. The molecule has 0 heterocycles. The molecule has 0 aliphatic carbocycles. The van der Waals surface area contributed by atoms with Crippen LogP contribution in [0.3, 0.4) is 0 Å². The Kier molecular flexibility index (Phi) is 106. The third-order valence-corrected chi connectivity index (χ3v) is 0. The van der Waals surface area contributed by atoms with Crippen molar-refractivity contribution in [2.24, 2.45) is 0 Å². The molecule has 0 fully saturated rings. The Bertz CT molecular complexity index is 6.00. The van der Waals surface area contributed by atoms with Gasteiger partial charge in [-0.15, -0.1) is 0 Å². The molecule has 0 aromatic heterocycles. The summed E-state index contributed by atoms with van der Waals surface area (Å²) in [5.74, 6) is 0. The topological polar surface area (TPSA) is 0 Å². The maximum absolute atomic E-state index is 0. The number of hydrogen-bond acceptors (Lipinski definition) is 0. The summed E-state index contributed by atoms with van der Waals surface area (Å²) in [5.41, 5.74) is 0. The van der Waals surface area contributed by atoms with Crippen LogP contribution in [0.5, 0.6) is 0 Å². The molecule has 0 unspecified atom stereocenters. The van der Waals surface area contributed by atoms with Crippen molar-refractivity contribution in [3.63, 3.8) is 0 Å². The Labute approximate surface area is 102 Å². The van der Waals surface area contributed by atoms with E-state index < -0.39 is 0 Å². The minimum absolute atomic E-state index is 0. The molecule has 0 nitrogen and oxygen atoms in total. The van der Waals surface area contributed by atoms with Crippen LogP contribution in [0.1, 0.15) is 0 Å². The van der Waals surface area contributed by atoms with E-state index in [1.807, 2.05) is 0 Å². The minimum Gasteiger partial charge on any atom is -1.00 e. The van der Waals surface area contributed by atoms with Crippen molar-refractivity contribution in [2.45, 2.75) is 0 Å². The van der Waals surface area contributed by atoms with Gasteiger partial charge in [-0.3, -0.25) is 0 Å². The summed E-state index contributed by atoms with van der Waals surface area (Å²) in [6.07, 6.45) is 0. The van der Waals surface area contributed by atoms with Crippen molar-refractivity contribution in [3.8, 4) is 0 Å². The molecule has 0 atom stereocenters. The largest absolute Gasteiger partial charge is 2.00 e. The van der Waals surface area contributed by atoms with Crippen LogP contribution in [0, 0.1) is 0 Å². The fourth-order valence-electron chi connectivity index (χ4n) is 0. The summed E-state index contributed by atoms with van der Waals surface area (Å²) >= 11 is 0. The zero-order valence-corrected chi connectivity index (χ0v) is 12.8. The maximum Gasteiger partial charge on any atom is 2.00 e. The van der Waals surface area contributed by atoms with Gasteiger partial charge in [0.15, 0.2) is 0 Å². The molecule has 0 rings (SSSR count). The van der Waals surface area contributed by atoms with E-state index in [4.69, 9.17) is 0 Å². The first-order chi connectivity index (χ1) is 0. The molecule has 0 N–H and O–H groups in total. The molecule has 0 aliphatic rings. The molecule has 0 aromatic rings.